The lowest BCUT2D eigenvalue weighted by atomic mass is 10.2. The highest BCUT2D eigenvalue weighted by Crippen LogP contribution is 2.34. The Hall–Kier alpha value is -3.18. The molecule has 0 saturated heterocycles. The number of amides is 1. The van der Waals surface area contributed by atoms with Gasteiger partial charge >= 0.3 is 0 Å². The van der Waals surface area contributed by atoms with E-state index in [1.807, 2.05) is 24.3 Å². The molecule has 4 rings (SSSR count). The van der Waals surface area contributed by atoms with E-state index in [-0.39, 0.29) is 12.7 Å². The van der Waals surface area contributed by atoms with E-state index in [0.717, 1.165) is 5.56 Å². The van der Waals surface area contributed by atoms with Crippen molar-refractivity contribution in [2.45, 2.75) is 6.61 Å². The molecule has 1 amide bonds. The monoisotopic (exact) mass is 381 g/mol. The first-order valence-corrected chi connectivity index (χ1v) is 8.74. The number of halogens is 1. The van der Waals surface area contributed by atoms with E-state index in [2.05, 4.69) is 5.32 Å². The number of nitrogens with one attached hydrogen (secondary N) is 1. The largest absolute Gasteiger partial charge is 0.489 e. The van der Waals surface area contributed by atoms with Gasteiger partial charge in [-0.1, -0.05) is 29.8 Å². The van der Waals surface area contributed by atoms with Crippen LogP contribution in [-0.4, -0.2) is 12.7 Å². The van der Waals surface area contributed by atoms with Gasteiger partial charge in [0.05, 0.1) is 0 Å². The average molecular weight is 382 g/mol. The van der Waals surface area contributed by atoms with Crippen molar-refractivity contribution in [1.82, 2.24) is 0 Å². The van der Waals surface area contributed by atoms with Crippen LogP contribution in [0.5, 0.6) is 17.2 Å². The fraction of sp³-hybridized carbons (Fsp3) is 0.0952. The first-order chi connectivity index (χ1) is 13.2. The Balaban J connectivity index is 1.38. The Morgan fingerprint density at radius 3 is 2.59 bits per heavy atom. The Bertz CT molecular complexity index is 972. The van der Waals surface area contributed by atoms with Crippen LogP contribution in [0.25, 0.3) is 0 Å². The number of hydrogen-bond donors (Lipinski definition) is 1. The van der Waals surface area contributed by atoms with E-state index in [1.165, 1.54) is 0 Å². The average Bonchev–Trinajstić information content (AvgIpc) is 3.15. The van der Waals surface area contributed by atoms with Crippen molar-refractivity contribution in [3.63, 3.8) is 0 Å². The number of carbonyl (C=O) groups excluding carboxylic acids is 1. The normalized spacial score (nSPS) is 11.9. The van der Waals surface area contributed by atoms with Crippen LogP contribution in [0, 0.1) is 0 Å². The molecule has 0 bridgehead atoms. The highest BCUT2D eigenvalue weighted by molar-refractivity contribution is 6.31. The van der Waals surface area contributed by atoms with Crippen LogP contribution in [0.1, 0.15) is 15.9 Å². The van der Waals surface area contributed by atoms with Gasteiger partial charge in [-0.3, -0.25) is 4.79 Å². The van der Waals surface area contributed by atoms with Gasteiger partial charge in [0.1, 0.15) is 12.4 Å². The van der Waals surface area contributed by atoms with Crippen LogP contribution in [0.2, 0.25) is 5.02 Å². The fourth-order valence-corrected chi connectivity index (χ4v) is 2.85. The minimum atomic E-state index is -0.216. The minimum Gasteiger partial charge on any atom is -0.489 e. The van der Waals surface area contributed by atoms with Crippen molar-refractivity contribution in [2.24, 2.45) is 0 Å². The molecule has 136 valence electrons. The Labute approximate surface area is 161 Å². The topological polar surface area (TPSA) is 56.8 Å². The van der Waals surface area contributed by atoms with E-state index in [4.69, 9.17) is 25.8 Å². The van der Waals surface area contributed by atoms with E-state index < -0.39 is 0 Å². The molecule has 5 nitrogen and oxygen atoms in total. The lowest BCUT2D eigenvalue weighted by Gasteiger charge is -2.09. The molecule has 1 heterocycles. The molecule has 27 heavy (non-hydrogen) atoms. The molecule has 0 radical (unpaired) electrons. The number of rotatable bonds is 5. The number of carbonyl (C=O) groups is 1. The predicted molar refractivity (Wildman–Crippen MR) is 103 cm³/mol. The summed E-state index contributed by atoms with van der Waals surface area (Å²) in [6, 6.07) is 19.7. The van der Waals surface area contributed by atoms with Crippen LogP contribution in [0.4, 0.5) is 5.69 Å². The summed E-state index contributed by atoms with van der Waals surface area (Å²) in [4.78, 5) is 12.4. The van der Waals surface area contributed by atoms with Crippen molar-refractivity contribution in [1.29, 1.82) is 0 Å². The van der Waals surface area contributed by atoms with Crippen molar-refractivity contribution >= 4 is 23.2 Å². The molecule has 6 heteroatoms. The first kappa shape index (κ1) is 17.2. The third kappa shape index (κ3) is 3.99. The molecule has 1 aliphatic heterocycles. The molecule has 0 aromatic heterocycles. The van der Waals surface area contributed by atoms with E-state index in [9.17, 15) is 4.79 Å². The summed E-state index contributed by atoms with van der Waals surface area (Å²) in [5.74, 6) is 1.74. The number of ether oxygens (including phenoxy) is 3. The van der Waals surface area contributed by atoms with Crippen LogP contribution >= 0.6 is 11.6 Å². The Morgan fingerprint density at radius 2 is 1.78 bits per heavy atom. The molecule has 0 fully saturated rings. The lowest BCUT2D eigenvalue weighted by Crippen LogP contribution is -2.11. The van der Waals surface area contributed by atoms with Gasteiger partial charge in [-0.2, -0.15) is 0 Å². The smallest absolute Gasteiger partial charge is 0.255 e. The maximum Gasteiger partial charge on any atom is 0.255 e. The summed E-state index contributed by atoms with van der Waals surface area (Å²) < 4.78 is 16.3. The highest BCUT2D eigenvalue weighted by Gasteiger charge is 2.14. The molecule has 1 aliphatic rings. The van der Waals surface area contributed by atoms with Gasteiger partial charge in [-0.05, 0) is 42.5 Å². The van der Waals surface area contributed by atoms with Crippen molar-refractivity contribution < 1.29 is 19.0 Å². The zero-order valence-corrected chi connectivity index (χ0v) is 15.0. The van der Waals surface area contributed by atoms with E-state index in [0.29, 0.717) is 40.1 Å². The highest BCUT2D eigenvalue weighted by atomic mass is 35.5. The molecular formula is C21H16ClNO4. The van der Waals surface area contributed by atoms with Crippen LogP contribution < -0.4 is 19.5 Å². The zero-order chi connectivity index (χ0) is 18.6. The molecule has 0 spiro atoms. The zero-order valence-electron chi connectivity index (χ0n) is 14.3. The second-order valence-corrected chi connectivity index (χ2v) is 6.33. The quantitative estimate of drug-likeness (QED) is 0.683. The lowest BCUT2D eigenvalue weighted by molar-refractivity contribution is 0.102. The number of benzene rings is 3. The number of hydrogen-bond acceptors (Lipinski definition) is 4. The molecule has 0 unspecified atom stereocenters. The van der Waals surface area contributed by atoms with Gasteiger partial charge in [0, 0.05) is 27.9 Å². The van der Waals surface area contributed by atoms with Crippen molar-refractivity contribution in [3.8, 4) is 17.2 Å². The number of anilines is 1. The first-order valence-electron chi connectivity index (χ1n) is 8.36. The summed E-state index contributed by atoms with van der Waals surface area (Å²) in [5, 5.41) is 3.50. The molecule has 3 aromatic rings. The second-order valence-electron chi connectivity index (χ2n) is 5.93. The molecule has 0 atom stereocenters. The molecule has 0 aliphatic carbocycles. The van der Waals surface area contributed by atoms with Crippen LogP contribution in [-0.2, 0) is 6.61 Å². The molecule has 3 aromatic carbocycles. The summed E-state index contributed by atoms with van der Waals surface area (Å²) in [6.45, 7) is 0.560. The molecule has 1 N–H and O–H groups in total. The maximum absolute atomic E-state index is 12.4. The Kier molecular flexibility index (Phi) is 4.85. The fourth-order valence-electron chi connectivity index (χ4n) is 2.66. The summed E-state index contributed by atoms with van der Waals surface area (Å²) in [5.41, 5.74) is 2.07. The van der Waals surface area contributed by atoms with Gasteiger partial charge in [0.15, 0.2) is 11.5 Å². The van der Waals surface area contributed by atoms with Gasteiger partial charge in [0.25, 0.3) is 5.91 Å². The third-order valence-electron chi connectivity index (χ3n) is 4.10. The van der Waals surface area contributed by atoms with Crippen molar-refractivity contribution in [2.75, 3.05) is 12.1 Å². The van der Waals surface area contributed by atoms with Gasteiger partial charge in [0.2, 0.25) is 6.79 Å². The predicted octanol–water partition coefficient (Wildman–Crippen LogP) is 4.90. The summed E-state index contributed by atoms with van der Waals surface area (Å²) >= 11 is 6.12. The third-order valence-corrected chi connectivity index (χ3v) is 4.47. The van der Waals surface area contributed by atoms with Crippen molar-refractivity contribution in [3.05, 3.63) is 82.9 Å². The van der Waals surface area contributed by atoms with Crippen LogP contribution in [0.15, 0.2) is 66.7 Å². The summed E-state index contributed by atoms with van der Waals surface area (Å²) in [6.07, 6.45) is 0. The van der Waals surface area contributed by atoms with Gasteiger partial charge < -0.3 is 19.5 Å². The standard InChI is InChI=1S/C21H16ClNO4/c22-18-4-2-1-3-15(18)12-25-17-8-5-14(6-9-17)21(24)23-16-7-10-19-20(11-16)27-13-26-19/h1-11H,12-13H2,(H,23,24). The summed E-state index contributed by atoms with van der Waals surface area (Å²) in [7, 11) is 0. The Morgan fingerprint density at radius 1 is 1.00 bits per heavy atom. The van der Waals surface area contributed by atoms with E-state index >= 15 is 0 Å². The van der Waals surface area contributed by atoms with Gasteiger partial charge in [-0.15, -0.1) is 0 Å². The SMILES string of the molecule is O=C(Nc1ccc2c(c1)OCO2)c1ccc(OCc2ccccc2Cl)cc1. The second kappa shape index (κ2) is 7.60. The molecular weight excluding hydrogens is 366 g/mol. The maximum atomic E-state index is 12.4. The number of fused-ring (bicyclic) bond motifs is 1. The van der Waals surface area contributed by atoms with E-state index in [1.54, 1.807) is 42.5 Å². The van der Waals surface area contributed by atoms with Gasteiger partial charge in [-0.25, -0.2) is 0 Å². The minimum absolute atomic E-state index is 0.197. The molecule has 0 saturated carbocycles. The van der Waals surface area contributed by atoms with Crippen LogP contribution in [0.3, 0.4) is 0 Å².